The van der Waals surface area contributed by atoms with E-state index >= 15 is 0 Å². The van der Waals surface area contributed by atoms with Gasteiger partial charge in [-0.05, 0) is 30.4 Å². The van der Waals surface area contributed by atoms with Crippen molar-refractivity contribution >= 4 is 11.6 Å². The summed E-state index contributed by atoms with van der Waals surface area (Å²) in [6, 6.07) is 8.26. The lowest BCUT2D eigenvalue weighted by Gasteiger charge is -2.19. The molecule has 2 aliphatic rings. The van der Waals surface area contributed by atoms with Gasteiger partial charge in [0.15, 0.2) is 0 Å². The Kier molecular flexibility index (Phi) is 4.44. The van der Waals surface area contributed by atoms with Crippen molar-refractivity contribution in [2.75, 3.05) is 38.7 Å². The summed E-state index contributed by atoms with van der Waals surface area (Å²) in [4.78, 5) is 14.1. The van der Waals surface area contributed by atoms with E-state index in [9.17, 15) is 4.79 Å². The Balaban J connectivity index is 1.43. The lowest BCUT2D eigenvalue weighted by Crippen LogP contribution is -2.31. The zero-order valence-corrected chi connectivity index (χ0v) is 12.7. The molecule has 1 N–H and O–H groups in total. The largest absolute Gasteiger partial charge is 0.384 e. The second-order valence-corrected chi connectivity index (χ2v) is 6.20. The molecule has 3 rings (SSSR count). The fourth-order valence-corrected chi connectivity index (χ4v) is 2.77. The van der Waals surface area contributed by atoms with Crippen molar-refractivity contribution in [1.29, 1.82) is 0 Å². The first-order valence-corrected chi connectivity index (χ1v) is 7.88. The Morgan fingerprint density at radius 2 is 2.19 bits per heavy atom. The van der Waals surface area contributed by atoms with E-state index in [0.717, 1.165) is 19.1 Å². The molecule has 0 bridgehead atoms. The molecule has 0 radical (unpaired) electrons. The number of amides is 1. The van der Waals surface area contributed by atoms with Crippen molar-refractivity contribution in [3.63, 3.8) is 0 Å². The molecule has 1 aromatic rings. The van der Waals surface area contributed by atoms with Crippen LogP contribution in [0.5, 0.6) is 0 Å². The fraction of sp³-hybridized carbons (Fsp3) is 0.588. The van der Waals surface area contributed by atoms with E-state index in [4.69, 9.17) is 4.74 Å². The molecular formula is C17H24N2O2. The first-order valence-electron chi connectivity index (χ1n) is 7.88. The summed E-state index contributed by atoms with van der Waals surface area (Å²) in [6.45, 7) is 3.06. The van der Waals surface area contributed by atoms with Crippen LogP contribution in [-0.4, -0.2) is 44.2 Å². The Hall–Kier alpha value is -1.55. The maximum Gasteiger partial charge on any atom is 0.223 e. The van der Waals surface area contributed by atoms with E-state index in [0.29, 0.717) is 25.5 Å². The summed E-state index contributed by atoms with van der Waals surface area (Å²) >= 11 is 0. The number of fused-ring (bicyclic) bond motifs is 1. The van der Waals surface area contributed by atoms with Gasteiger partial charge in [-0.25, -0.2) is 0 Å². The quantitative estimate of drug-likeness (QED) is 0.784. The number of carbonyl (C=O) groups excluding carboxylic acids is 1. The smallest absolute Gasteiger partial charge is 0.223 e. The Labute approximate surface area is 126 Å². The predicted octanol–water partition coefficient (Wildman–Crippen LogP) is 2.47. The first-order chi connectivity index (χ1) is 10.2. The van der Waals surface area contributed by atoms with Crippen LogP contribution in [0.3, 0.4) is 0 Å². The fourth-order valence-electron chi connectivity index (χ4n) is 2.77. The number of hydrogen-bond acceptors (Lipinski definition) is 3. The molecule has 1 fully saturated rings. The highest BCUT2D eigenvalue weighted by atomic mass is 16.5. The Morgan fingerprint density at radius 1 is 1.38 bits per heavy atom. The zero-order valence-electron chi connectivity index (χ0n) is 12.7. The topological polar surface area (TPSA) is 41.6 Å². The molecular weight excluding hydrogens is 264 g/mol. The van der Waals surface area contributed by atoms with E-state index in [2.05, 4.69) is 17.4 Å². The van der Waals surface area contributed by atoms with E-state index in [1.165, 1.54) is 24.1 Å². The van der Waals surface area contributed by atoms with Gasteiger partial charge in [-0.2, -0.15) is 0 Å². The number of carbonyl (C=O) groups is 1. The zero-order chi connectivity index (χ0) is 14.7. The summed E-state index contributed by atoms with van der Waals surface area (Å²) in [7, 11) is 1.87. The minimum Gasteiger partial charge on any atom is -0.384 e. The average molecular weight is 288 g/mol. The number of anilines is 1. The van der Waals surface area contributed by atoms with Gasteiger partial charge in [0, 0.05) is 44.8 Å². The molecule has 1 aromatic carbocycles. The molecule has 0 aromatic heterocycles. The SMILES string of the molecule is CN(CCOCC1CC1)C(=O)CC1CNc2ccccc21. The Bertz CT molecular complexity index is 499. The van der Waals surface area contributed by atoms with Gasteiger partial charge in [0.05, 0.1) is 6.61 Å². The Morgan fingerprint density at radius 3 is 3.00 bits per heavy atom. The van der Waals surface area contributed by atoms with Crippen LogP contribution in [0.4, 0.5) is 5.69 Å². The number of benzene rings is 1. The number of rotatable bonds is 7. The molecule has 4 nitrogen and oxygen atoms in total. The van der Waals surface area contributed by atoms with Gasteiger partial charge < -0.3 is 15.0 Å². The first kappa shape index (κ1) is 14.4. The third-order valence-electron chi connectivity index (χ3n) is 4.41. The van der Waals surface area contributed by atoms with Crippen LogP contribution in [0.15, 0.2) is 24.3 Å². The lowest BCUT2D eigenvalue weighted by atomic mass is 9.97. The van der Waals surface area contributed by atoms with E-state index in [-0.39, 0.29) is 5.91 Å². The average Bonchev–Trinajstić information content (AvgIpc) is 3.24. The highest BCUT2D eigenvalue weighted by molar-refractivity contribution is 5.78. The molecule has 0 spiro atoms. The summed E-state index contributed by atoms with van der Waals surface area (Å²) in [5.74, 6) is 1.28. The minimum atomic E-state index is 0.202. The van der Waals surface area contributed by atoms with Crippen LogP contribution in [0.2, 0.25) is 0 Å². The molecule has 1 aliphatic carbocycles. The third kappa shape index (κ3) is 3.76. The highest BCUT2D eigenvalue weighted by Crippen LogP contribution is 2.33. The molecule has 21 heavy (non-hydrogen) atoms. The van der Waals surface area contributed by atoms with Crippen molar-refractivity contribution < 1.29 is 9.53 Å². The molecule has 1 atom stereocenters. The predicted molar refractivity (Wildman–Crippen MR) is 83.5 cm³/mol. The maximum absolute atomic E-state index is 12.3. The van der Waals surface area contributed by atoms with Crippen molar-refractivity contribution in [2.45, 2.75) is 25.2 Å². The van der Waals surface area contributed by atoms with E-state index in [1.54, 1.807) is 4.90 Å². The second-order valence-electron chi connectivity index (χ2n) is 6.20. The van der Waals surface area contributed by atoms with Gasteiger partial charge in [-0.3, -0.25) is 4.79 Å². The van der Waals surface area contributed by atoms with E-state index < -0.39 is 0 Å². The van der Waals surface area contributed by atoms with Gasteiger partial charge in [-0.1, -0.05) is 18.2 Å². The molecule has 1 heterocycles. The van der Waals surface area contributed by atoms with Crippen LogP contribution < -0.4 is 5.32 Å². The van der Waals surface area contributed by atoms with Gasteiger partial charge in [-0.15, -0.1) is 0 Å². The third-order valence-corrected chi connectivity index (χ3v) is 4.41. The minimum absolute atomic E-state index is 0.202. The molecule has 1 unspecified atom stereocenters. The molecule has 1 saturated carbocycles. The van der Waals surface area contributed by atoms with Crippen LogP contribution in [0.1, 0.15) is 30.7 Å². The number of nitrogens with one attached hydrogen (secondary N) is 1. The normalized spacial score (nSPS) is 20.0. The second kappa shape index (κ2) is 6.48. The summed E-state index contributed by atoms with van der Waals surface area (Å²) in [6.07, 6.45) is 3.19. The van der Waals surface area contributed by atoms with Crippen molar-refractivity contribution in [2.24, 2.45) is 5.92 Å². The van der Waals surface area contributed by atoms with Crippen molar-refractivity contribution in [3.8, 4) is 0 Å². The van der Waals surface area contributed by atoms with E-state index in [1.807, 2.05) is 19.2 Å². The van der Waals surface area contributed by atoms with Crippen LogP contribution in [0.25, 0.3) is 0 Å². The standard InChI is InChI=1S/C17H24N2O2/c1-19(8-9-21-12-13-6-7-13)17(20)10-14-11-18-16-5-3-2-4-15(14)16/h2-5,13-14,18H,6-12H2,1H3. The van der Waals surface area contributed by atoms with Crippen LogP contribution in [0, 0.1) is 5.92 Å². The highest BCUT2D eigenvalue weighted by Gasteiger charge is 2.25. The van der Waals surface area contributed by atoms with Crippen molar-refractivity contribution in [3.05, 3.63) is 29.8 Å². The summed E-state index contributed by atoms with van der Waals surface area (Å²) in [5, 5.41) is 3.37. The number of hydrogen-bond donors (Lipinski definition) is 1. The van der Waals surface area contributed by atoms with Gasteiger partial charge >= 0.3 is 0 Å². The number of nitrogens with zero attached hydrogens (tertiary/aromatic N) is 1. The van der Waals surface area contributed by atoms with Crippen molar-refractivity contribution in [1.82, 2.24) is 4.90 Å². The maximum atomic E-state index is 12.3. The van der Waals surface area contributed by atoms with Crippen LogP contribution >= 0.6 is 0 Å². The monoisotopic (exact) mass is 288 g/mol. The lowest BCUT2D eigenvalue weighted by molar-refractivity contribution is -0.130. The van der Waals surface area contributed by atoms with Gasteiger partial charge in [0.2, 0.25) is 5.91 Å². The summed E-state index contributed by atoms with van der Waals surface area (Å²) in [5.41, 5.74) is 2.44. The van der Waals surface area contributed by atoms with Gasteiger partial charge in [0.25, 0.3) is 0 Å². The van der Waals surface area contributed by atoms with Crippen LogP contribution in [-0.2, 0) is 9.53 Å². The molecule has 1 aliphatic heterocycles. The molecule has 114 valence electrons. The summed E-state index contributed by atoms with van der Waals surface area (Å²) < 4.78 is 5.60. The number of likely N-dealkylation sites (N-methyl/N-ethyl adjacent to an activating group) is 1. The number of para-hydroxylation sites is 1. The molecule has 4 heteroatoms. The molecule has 1 amide bonds. The molecule has 0 saturated heterocycles. The van der Waals surface area contributed by atoms with Gasteiger partial charge in [0.1, 0.15) is 0 Å². The number of ether oxygens (including phenoxy) is 1.